The number of nitrogens with two attached hydrogens (primary N) is 1. The van der Waals surface area contributed by atoms with Crippen LogP contribution in [-0.4, -0.2) is 11.7 Å². The number of carbonyl (C=O) groups is 1. The van der Waals surface area contributed by atoms with Crippen LogP contribution in [0.4, 0.5) is 5.69 Å². The van der Waals surface area contributed by atoms with Crippen molar-refractivity contribution < 1.29 is 4.79 Å². The van der Waals surface area contributed by atoms with Crippen LogP contribution in [0.5, 0.6) is 0 Å². The first-order chi connectivity index (χ1) is 10.6. The quantitative estimate of drug-likeness (QED) is 0.510. The van der Waals surface area contributed by atoms with E-state index >= 15 is 0 Å². The first-order valence-electron chi connectivity index (χ1n) is 6.88. The molecule has 4 nitrogen and oxygen atoms in total. The van der Waals surface area contributed by atoms with Crippen molar-refractivity contribution in [1.29, 1.82) is 5.41 Å². The molecule has 0 aliphatic heterocycles. The SMILES string of the molecule is N=C(N)c1ccc(NC(=O)c2ccc3ccccc3c2)cc1. The van der Waals surface area contributed by atoms with Crippen molar-refractivity contribution >= 4 is 28.2 Å². The van der Waals surface area contributed by atoms with E-state index < -0.39 is 0 Å². The Kier molecular flexibility index (Phi) is 3.58. The lowest BCUT2D eigenvalue weighted by molar-refractivity contribution is 0.102. The third-order valence-corrected chi connectivity index (χ3v) is 3.47. The highest BCUT2D eigenvalue weighted by Crippen LogP contribution is 2.17. The van der Waals surface area contributed by atoms with Gasteiger partial charge in [0.15, 0.2) is 0 Å². The van der Waals surface area contributed by atoms with Crippen LogP contribution < -0.4 is 11.1 Å². The van der Waals surface area contributed by atoms with Crippen LogP contribution in [0.25, 0.3) is 10.8 Å². The first kappa shape index (κ1) is 13.8. The van der Waals surface area contributed by atoms with Crippen LogP contribution >= 0.6 is 0 Å². The van der Waals surface area contributed by atoms with Gasteiger partial charge in [-0.3, -0.25) is 10.2 Å². The van der Waals surface area contributed by atoms with E-state index in [4.69, 9.17) is 11.1 Å². The Balaban J connectivity index is 1.81. The van der Waals surface area contributed by atoms with Gasteiger partial charge in [0, 0.05) is 16.8 Å². The van der Waals surface area contributed by atoms with Crippen LogP contribution in [-0.2, 0) is 0 Å². The minimum absolute atomic E-state index is 0.00686. The summed E-state index contributed by atoms with van der Waals surface area (Å²) in [5, 5.41) is 12.3. The Morgan fingerprint density at radius 1 is 0.864 bits per heavy atom. The lowest BCUT2D eigenvalue weighted by atomic mass is 10.1. The second-order valence-electron chi connectivity index (χ2n) is 5.01. The second-order valence-corrected chi connectivity index (χ2v) is 5.01. The molecule has 0 atom stereocenters. The van der Waals surface area contributed by atoms with Crippen LogP contribution in [0.15, 0.2) is 66.7 Å². The number of benzene rings is 3. The average Bonchev–Trinajstić information content (AvgIpc) is 2.55. The third kappa shape index (κ3) is 2.81. The number of hydrogen-bond donors (Lipinski definition) is 3. The lowest BCUT2D eigenvalue weighted by Gasteiger charge is -2.07. The van der Waals surface area contributed by atoms with E-state index in [1.807, 2.05) is 42.5 Å². The molecule has 3 aromatic rings. The molecule has 22 heavy (non-hydrogen) atoms. The Labute approximate surface area is 128 Å². The molecule has 0 bridgehead atoms. The molecule has 4 N–H and O–H groups in total. The van der Waals surface area contributed by atoms with Crippen molar-refractivity contribution in [3.8, 4) is 0 Å². The molecule has 0 spiro atoms. The molecule has 3 aromatic carbocycles. The minimum atomic E-state index is -0.165. The molecule has 0 saturated carbocycles. The van der Waals surface area contributed by atoms with Gasteiger partial charge < -0.3 is 11.1 Å². The fraction of sp³-hybridized carbons (Fsp3) is 0. The summed E-state index contributed by atoms with van der Waals surface area (Å²) in [7, 11) is 0. The van der Waals surface area contributed by atoms with Gasteiger partial charge in [0.05, 0.1) is 0 Å². The van der Waals surface area contributed by atoms with Crippen LogP contribution in [0.1, 0.15) is 15.9 Å². The van der Waals surface area contributed by atoms with E-state index in [0.717, 1.165) is 10.8 Å². The molecule has 0 saturated heterocycles. The van der Waals surface area contributed by atoms with E-state index in [-0.39, 0.29) is 11.7 Å². The van der Waals surface area contributed by atoms with Gasteiger partial charge in [-0.1, -0.05) is 30.3 Å². The van der Waals surface area contributed by atoms with Crippen molar-refractivity contribution in [3.63, 3.8) is 0 Å². The molecule has 0 radical (unpaired) electrons. The van der Waals surface area contributed by atoms with E-state index in [1.54, 1.807) is 24.3 Å². The van der Waals surface area contributed by atoms with Crippen molar-refractivity contribution in [2.24, 2.45) is 5.73 Å². The first-order valence-corrected chi connectivity index (χ1v) is 6.88. The van der Waals surface area contributed by atoms with E-state index in [0.29, 0.717) is 16.8 Å². The van der Waals surface area contributed by atoms with Crippen LogP contribution in [0, 0.1) is 5.41 Å². The molecule has 0 fully saturated rings. The Bertz CT molecular complexity index is 854. The summed E-state index contributed by atoms with van der Waals surface area (Å²) in [6, 6.07) is 20.4. The molecule has 0 aromatic heterocycles. The van der Waals surface area contributed by atoms with Gasteiger partial charge in [-0.15, -0.1) is 0 Å². The molecule has 0 unspecified atom stereocenters. The van der Waals surface area contributed by atoms with Crippen molar-refractivity contribution in [2.75, 3.05) is 5.32 Å². The van der Waals surface area contributed by atoms with Gasteiger partial charge >= 0.3 is 0 Å². The summed E-state index contributed by atoms with van der Waals surface area (Å²) in [5.41, 5.74) is 7.31. The highest BCUT2D eigenvalue weighted by atomic mass is 16.1. The molecule has 0 aliphatic rings. The molecule has 0 aliphatic carbocycles. The fourth-order valence-corrected chi connectivity index (χ4v) is 2.27. The van der Waals surface area contributed by atoms with Crippen molar-refractivity contribution in [1.82, 2.24) is 0 Å². The highest BCUT2D eigenvalue weighted by Gasteiger charge is 2.07. The van der Waals surface area contributed by atoms with Gasteiger partial charge in [0.1, 0.15) is 5.84 Å². The largest absolute Gasteiger partial charge is 0.384 e. The number of amidine groups is 1. The Morgan fingerprint density at radius 3 is 2.18 bits per heavy atom. The number of anilines is 1. The zero-order valence-corrected chi connectivity index (χ0v) is 11.8. The summed E-state index contributed by atoms with van der Waals surface area (Å²) in [5.74, 6) is -0.159. The van der Waals surface area contributed by atoms with Gasteiger partial charge in [-0.25, -0.2) is 0 Å². The van der Waals surface area contributed by atoms with E-state index in [9.17, 15) is 4.79 Å². The summed E-state index contributed by atoms with van der Waals surface area (Å²) >= 11 is 0. The number of fused-ring (bicyclic) bond motifs is 1. The normalized spacial score (nSPS) is 10.4. The van der Waals surface area contributed by atoms with Crippen molar-refractivity contribution in [3.05, 3.63) is 77.9 Å². The van der Waals surface area contributed by atoms with Crippen LogP contribution in [0.3, 0.4) is 0 Å². The number of hydrogen-bond acceptors (Lipinski definition) is 2. The lowest BCUT2D eigenvalue weighted by Crippen LogP contribution is -2.13. The zero-order chi connectivity index (χ0) is 15.5. The Morgan fingerprint density at radius 2 is 1.50 bits per heavy atom. The zero-order valence-electron chi connectivity index (χ0n) is 11.8. The monoisotopic (exact) mass is 289 g/mol. The number of amides is 1. The predicted molar refractivity (Wildman–Crippen MR) is 89.4 cm³/mol. The van der Waals surface area contributed by atoms with Gasteiger partial charge in [-0.05, 0) is 47.2 Å². The number of nitrogens with one attached hydrogen (secondary N) is 2. The molecule has 4 heteroatoms. The summed E-state index contributed by atoms with van der Waals surface area (Å²) in [6.45, 7) is 0. The molecule has 3 rings (SSSR count). The van der Waals surface area contributed by atoms with Gasteiger partial charge in [0.25, 0.3) is 5.91 Å². The minimum Gasteiger partial charge on any atom is -0.384 e. The molecule has 0 heterocycles. The predicted octanol–water partition coefficient (Wildman–Crippen LogP) is 3.38. The maximum absolute atomic E-state index is 12.3. The smallest absolute Gasteiger partial charge is 0.255 e. The Hall–Kier alpha value is -3.14. The van der Waals surface area contributed by atoms with Crippen molar-refractivity contribution in [2.45, 2.75) is 0 Å². The third-order valence-electron chi connectivity index (χ3n) is 3.47. The summed E-state index contributed by atoms with van der Waals surface area (Å²) < 4.78 is 0. The fourth-order valence-electron chi connectivity index (χ4n) is 2.27. The van der Waals surface area contributed by atoms with Gasteiger partial charge in [-0.2, -0.15) is 0 Å². The molecular formula is C18H15N3O. The molecule has 108 valence electrons. The summed E-state index contributed by atoms with van der Waals surface area (Å²) in [4.78, 5) is 12.3. The molecular weight excluding hydrogens is 274 g/mol. The maximum Gasteiger partial charge on any atom is 0.255 e. The number of rotatable bonds is 3. The number of carbonyl (C=O) groups excluding carboxylic acids is 1. The van der Waals surface area contributed by atoms with E-state index in [2.05, 4.69) is 5.32 Å². The van der Waals surface area contributed by atoms with E-state index in [1.165, 1.54) is 0 Å². The maximum atomic E-state index is 12.3. The second kappa shape index (κ2) is 5.69. The highest BCUT2D eigenvalue weighted by molar-refractivity contribution is 6.06. The topological polar surface area (TPSA) is 79.0 Å². The van der Waals surface area contributed by atoms with Gasteiger partial charge in [0.2, 0.25) is 0 Å². The number of nitrogen functional groups attached to an aromatic ring is 1. The average molecular weight is 289 g/mol. The van der Waals surface area contributed by atoms with Crippen LogP contribution in [0.2, 0.25) is 0 Å². The summed E-state index contributed by atoms with van der Waals surface area (Å²) in [6.07, 6.45) is 0. The standard InChI is InChI=1S/C18H15N3O/c19-17(20)13-7-9-16(10-8-13)21-18(22)15-6-5-12-3-1-2-4-14(12)11-15/h1-11H,(H3,19,20)(H,21,22). The molecule has 1 amide bonds.